The Morgan fingerprint density at radius 2 is 2.20 bits per heavy atom. The zero-order chi connectivity index (χ0) is 7.40. The maximum Gasteiger partial charge on any atom is 0.0469 e. The molecule has 1 nitrogen and oxygen atoms in total. The number of alkyl halides is 2. The van der Waals surface area contributed by atoms with Crippen LogP contribution in [0.5, 0.6) is 0 Å². The highest BCUT2D eigenvalue weighted by Gasteiger charge is 2.03. The van der Waals surface area contributed by atoms with Crippen LogP contribution in [0.2, 0.25) is 0 Å². The minimum atomic E-state index is 0.878. The van der Waals surface area contributed by atoms with E-state index in [1.807, 2.05) is 0 Å². The van der Waals surface area contributed by atoms with Crippen LogP contribution in [0, 0.1) is 0 Å². The molecule has 0 aromatic rings. The summed E-state index contributed by atoms with van der Waals surface area (Å²) in [6.45, 7) is 0. The number of hydrogen-bond acceptors (Lipinski definition) is 1. The van der Waals surface area contributed by atoms with Crippen molar-refractivity contribution in [2.24, 2.45) is 4.99 Å². The Labute approximate surface area is 77.9 Å². The van der Waals surface area contributed by atoms with Crippen LogP contribution in [-0.4, -0.2) is 16.4 Å². The zero-order valence-corrected chi connectivity index (χ0v) is 8.78. The molecule has 0 amide bonds. The third kappa shape index (κ3) is 2.20. The molecule has 0 radical (unpaired) electrons. The minimum absolute atomic E-state index is 0.878. The fourth-order valence-corrected chi connectivity index (χ4v) is 1.65. The van der Waals surface area contributed by atoms with Gasteiger partial charge in [0.25, 0.3) is 0 Å². The van der Waals surface area contributed by atoms with E-state index in [0.717, 1.165) is 23.5 Å². The molecule has 1 aliphatic heterocycles. The molecular weight excluding hydrogens is 258 g/mol. The van der Waals surface area contributed by atoms with E-state index >= 15 is 0 Å². The average Bonchev–Trinajstić information content (AvgIpc) is 2.05. The van der Waals surface area contributed by atoms with Crippen molar-refractivity contribution in [3.63, 3.8) is 0 Å². The van der Waals surface area contributed by atoms with Gasteiger partial charge in [0, 0.05) is 22.1 Å². The molecule has 10 heavy (non-hydrogen) atoms. The fraction of sp³-hybridized carbons (Fsp3) is 0.571. The molecule has 0 saturated carbocycles. The number of aliphatic imine (C=N–C) groups is 1. The Morgan fingerprint density at radius 3 is 2.80 bits per heavy atom. The van der Waals surface area contributed by atoms with Gasteiger partial charge in [-0.1, -0.05) is 37.9 Å². The molecular formula is C7H9Br2N. The van der Waals surface area contributed by atoms with E-state index in [9.17, 15) is 0 Å². The van der Waals surface area contributed by atoms with Crippen molar-refractivity contribution in [3.8, 4) is 0 Å². The smallest absolute Gasteiger partial charge is 0.0469 e. The highest BCUT2D eigenvalue weighted by Crippen LogP contribution is 2.13. The van der Waals surface area contributed by atoms with Crippen molar-refractivity contribution < 1.29 is 0 Å². The Balaban J connectivity index is 2.61. The Bertz CT molecular complexity index is 172. The predicted octanol–water partition coefficient (Wildman–Crippen LogP) is 2.89. The first-order valence-electron chi connectivity index (χ1n) is 3.24. The first-order valence-corrected chi connectivity index (χ1v) is 5.48. The molecule has 0 fully saturated rings. The van der Waals surface area contributed by atoms with Crippen LogP contribution >= 0.6 is 31.9 Å². The van der Waals surface area contributed by atoms with Gasteiger partial charge in [-0.2, -0.15) is 0 Å². The Hall–Kier alpha value is 0.370. The lowest BCUT2D eigenvalue weighted by Gasteiger charge is -2.08. The summed E-state index contributed by atoms with van der Waals surface area (Å²) >= 11 is 6.77. The maximum absolute atomic E-state index is 4.40. The van der Waals surface area contributed by atoms with Crippen LogP contribution in [0.25, 0.3) is 0 Å². The van der Waals surface area contributed by atoms with Gasteiger partial charge in [0.05, 0.1) is 0 Å². The maximum atomic E-state index is 4.40. The van der Waals surface area contributed by atoms with E-state index in [1.54, 1.807) is 0 Å². The standard InChI is InChI=1S/C7H9Br2N/c8-4-6-2-1-3-7(5-9)10-6/h2H,1,3-5H2. The third-order valence-electron chi connectivity index (χ3n) is 1.41. The Kier molecular flexibility index (Phi) is 3.63. The van der Waals surface area contributed by atoms with E-state index in [1.165, 1.54) is 11.4 Å². The van der Waals surface area contributed by atoms with Gasteiger partial charge >= 0.3 is 0 Å². The number of hydrogen-bond donors (Lipinski definition) is 0. The summed E-state index contributed by atoms with van der Waals surface area (Å²) < 4.78 is 0. The van der Waals surface area contributed by atoms with Gasteiger partial charge in [0.1, 0.15) is 0 Å². The lowest BCUT2D eigenvalue weighted by atomic mass is 10.1. The SMILES string of the molecule is BrCC1=CCCC(CBr)=N1. The Morgan fingerprint density at radius 1 is 1.40 bits per heavy atom. The van der Waals surface area contributed by atoms with Crippen molar-refractivity contribution in [3.05, 3.63) is 11.8 Å². The van der Waals surface area contributed by atoms with Crippen LogP contribution in [0.15, 0.2) is 16.8 Å². The molecule has 0 N–H and O–H groups in total. The topological polar surface area (TPSA) is 12.4 Å². The summed E-state index contributed by atoms with van der Waals surface area (Å²) in [6, 6.07) is 0. The third-order valence-corrected chi connectivity index (χ3v) is 2.63. The van der Waals surface area contributed by atoms with Crippen molar-refractivity contribution in [1.82, 2.24) is 0 Å². The summed E-state index contributed by atoms with van der Waals surface area (Å²) in [5.74, 6) is 0. The first kappa shape index (κ1) is 8.47. The zero-order valence-electron chi connectivity index (χ0n) is 5.61. The lowest BCUT2D eigenvalue weighted by molar-refractivity contribution is 1.02. The summed E-state index contributed by atoms with van der Waals surface area (Å²) in [5, 5.41) is 1.79. The number of allylic oxidation sites excluding steroid dienone is 2. The number of nitrogens with zero attached hydrogens (tertiary/aromatic N) is 1. The van der Waals surface area contributed by atoms with Crippen molar-refractivity contribution in [2.45, 2.75) is 12.8 Å². The lowest BCUT2D eigenvalue weighted by Crippen LogP contribution is -2.04. The largest absolute Gasteiger partial charge is 0.261 e. The van der Waals surface area contributed by atoms with Crippen molar-refractivity contribution >= 4 is 37.6 Å². The van der Waals surface area contributed by atoms with Gasteiger partial charge in [-0.25, -0.2) is 0 Å². The van der Waals surface area contributed by atoms with Gasteiger partial charge in [-0.15, -0.1) is 0 Å². The second kappa shape index (κ2) is 4.29. The molecule has 1 aliphatic rings. The van der Waals surface area contributed by atoms with Gasteiger partial charge in [-0.05, 0) is 12.8 Å². The van der Waals surface area contributed by atoms with E-state index < -0.39 is 0 Å². The van der Waals surface area contributed by atoms with Gasteiger partial charge in [0.2, 0.25) is 0 Å². The number of halogens is 2. The minimum Gasteiger partial charge on any atom is -0.261 e. The van der Waals surface area contributed by atoms with Crippen molar-refractivity contribution in [2.75, 3.05) is 10.7 Å². The molecule has 0 aromatic heterocycles. The first-order chi connectivity index (χ1) is 4.86. The molecule has 0 spiro atoms. The predicted molar refractivity (Wildman–Crippen MR) is 52.3 cm³/mol. The van der Waals surface area contributed by atoms with Crippen LogP contribution in [0.4, 0.5) is 0 Å². The molecule has 56 valence electrons. The van der Waals surface area contributed by atoms with Gasteiger partial charge < -0.3 is 0 Å². The molecule has 0 saturated heterocycles. The molecule has 3 heteroatoms. The fourth-order valence-electron chi connectivity index (χ4n) is 0.891. The monoisotopic (exact) mass is 265 g/mol. The molecule has 0 bridgehead atoms. The van der Waals surface area contributed by atoms with E-state index in [-0.39, 0.29) is 0 Å². The highest BCUT2D eigenvalue weighted by atomic mass is 79.9. The summed E-state index contributed by atoms with van der Waals surface area (Å²) in [4.78, 5) is 4.40. The van der Waals surface area contributed by atoms with E-state index in [4.69, 9.17) is 0 Å². The van der Waals surface area contributed by atoms with Gasteiger partial charge in [0.15, 0.2) is 0 Å². The summed E-state index contributed by atoms with van der Waals surface area (Å²) in [5.41, 5.74) is 2.43. The molecule has 0 atom stereocenters. The molecule has 1 rings (SSSR count). The van der Waals surface area contributed by atoms with Crippen LogP contribution in [0.1, 0.15) is 12.8 Å². The summed E-state index contributed by atoms with van der Waals surface area (Å²) in [7, 11) is 0. The van der Waals surface area contributed by atoms with Crippen LogP contribution < -0.4 is 0 Å². The molecule has 1 heterocycles. The van der Waals surface area contributed by atoms with Crippen molar-refractivity contribution in [1.29, 1.82) is 0 Å². The van der Waals surface area contributed by atoms with Crippen LogP contribution in [0.3, 0.4) is 0 Å². The van der Waals surface area contributed by atoms with Crippen LogP contribution in [-0.2, 0) is 0 Å². The quantitative estimate of drug-likeness (QED) is 0.682. The molecule has 0 unspecified atom stereocenters. The summed E-state index contributed by atoms with van der Waals surface area (Å²) in [6.07, 6.45) is 4.44. The second-order valence-electron chi connectivity index (χ2n) is 2.18. The van der Waals surface area contributed by atoms with Gasteiger partial charge in [-0.3, -0.25) is 4.99 Å². The van der Waals surface area contributed by atoms with E-state index in [0.29, 0.717) is 0 Å². The second-order valence-corrected chi connectivity index (χ2v) is 3.30. The highest BCUT2D eigenvalue weighted by molar-refractivity contribution is 9.09. The van der Waals surface area contributed by atoms with E-state index in [2.05, 4.69) is 42.9 Å². The molecule has 0 aliphatic carbocycles. The normalized spacial score (nSPS) is 18.2. The number of rotatable bonds is 2. The molecule has 0 aromatic carbocycles. The average molecular weight is 267 g/mol.